The van der Waals surface area contributed by atoms with E-state index in [0.29, 0.717) is 5.02 Å². The van der Waals surface area contributed by atoms with Gasteiger partial charge in [-0.05, 0) is 37.0 Å². The van der Waals surface area contributed by atoms with E-state index in [4.69, 9.17) is 11.6 Å². The molecule has 0 aliphatic heterocycles. The molecule has 0 saturated heterocycles. The van der Waals surface area contributed by atoms with Crippen molar-refractivity contribution in [1.29, 1.82) is 0 Å². The Labute approximate surface area is 91.8 Å². The topological polar surface area (TPSA) is 29.4 Å². The molecule has 78 valence electrons. The van der Waals surface area contributed by atoms with E-state index >= 15 is 0 Å². The highest BCUT2D eigenvalue weighted by atomic mass is 35.5. The minimum Gasteiger partial charge on any atom is -0.211 e. The Bertz CT molecular complexity index is 436. The van der Waals surface area contributed by atoms with Crippen LogP contribution in [0, 0.1) is 5.82 Å². The lowest BCUT2D eigenvalue weighted by molar-refractivity contribution is 0.256. The lowest BCUT2D eigenvalue weighted by Gasteiger charge is -2.37. The summed E-state index contributed by atoms with van der Waals surface area (Å²) in [5, 5.41) is 0.328. The van der Waals surface area contributed by atoms with Gasteiger partial charge in [0.05, 0.1) is 5.54 Å². The van der Waals surface area contributed by atoms with Crippen LogP contribution in [0.15, 0.2) is 23.2 Å². The summed E-state index contributed by atoms with van der Waals surface area (Å²) in [6.07, 6.45) is 4.12. The highest BCUT2D eigenvalue weighted by molar-refractivity contribution is 6.31. The molecule has 0 radical (unpaired) electrons. The Morgan fingerprint density at radius 1 is 1.47 bits per heavy atom. The van der Waals surface area contributed by atoms with Gasteiger partial charge >= 0.3 is 0 Å². The van der Waals surface area contributed by atoms with E-state index in [2.05, 4.69) is 4.99 Å². The summed E-state index contributed by atoms with van der Waals surface area (Å²) in [4.78, 5) is 14.2. The first kappa shape index (κ1) is 10.3. The first-order chi connectivity index (χ1) is 7.18. The zero-order valence-corrected chi connectivity index (χ0v) is 8.72. The summed E-state index contributed by atoms with van der Waals surface area (Å²) in [5.74, 6) is -0.381. The van der Waals surface area contributed by atoms with Gasteiger partial charge in [0.25, 0.3) is 0 Å². The molecule has 1 fully saturated rings. The van der Waals surface area contributed by atoms with Gasteiger partial charge in [-0.1, -0.05) is 17.7 Å². The Balaban J connectivity index is 2.47. The number of nitrogens with zero attached hydrogens (tertiary/aromatic N) is 1. The van der Waals surface area contributed by atoms with Crippen molar-refractivity contribution in [3.05, 3.63) is 34.6 Å². The van der Waals surface area contributed by atoms with Gasteiger partial charge in [-0.3, -0.25) is 0 Å². The predicted octanol–water partition coefficient (Wildman–Crippen LogP) is 3.19. The zero-order valence-electron chi connectivity index (χ0n) is 7.96. The molecule has 1 saturated carbocycles. The monoisotopic (exact) mass is 225 g/mol. The molecule has 0 bridgehead atoms. The van der Waals surface area contributed by atoms with Crippen molar-refractivity contribution in [3.8, 4) is 0 Å². The minimum absolute atomic E-state index is 0.328. The average Bonchev–Trinajstić information content (AvgIpc) is 2.12. The second-order valence-corrected chi connectivity index (χ2v) is 4.12. The quantitative estimate of drug-likeness (QED) is 0.561. The van der Waals surface area contributed by atoms with Gasteiger partial charge in [0, 0.05) is 5.02 Å². The molecule has 0 atom stereocenters. The SMILES string of the molecule is O=C=NC1(c2ccc(F)cc2Cl)CCC1. The molecule has 15 heavy (non-hydrogen) atoms. The summed E-state index contributed by atoms with van der Waals surface area (Å²) in [6.45, 7) is 0. The molecule has 1 aliphatic carbocycles. The fourth-order valence-electron chi connectivity index (χ4n) is 1.91. The normalized spacial score (nSPS) is 17.7. The molecule has 1 aromatic rings. The summed E-state index contributed by atoms with van der Waals surface area (Å²) >= 11 is 5.93. The number of aliphatic imine (C=N–C) groups is 1. The lowest BCUT2D eigenvalue weighted by Crippen LogP contribution is -2.32. The molecule has 1 aromatic carbocycles. The zero-order chi connectivity index (χ0) is 10.9. The lowest BCUT2D eigenvalue weighted by atomic mass is 9.72. The van der Waals surface area contributed by atoms with Crippen LogP contribution in [0.2, 0.25) is 5.02 Å². The average molecular weight is 226 g/mol. The molecular weight excluding hydrogens is 217 g/mol. The van der Waals surface area contributed by atoms with E-state index in [1.165, 1.54) is 12.1 Å². The summed E-state index contributed by atoms with van der Waals surface area (Å²) in [6, 6.07) is 4.18. The van der Waals surface area contributed by atoms with Crippen molar-refractivity contribution in [2.24, 2.45) is 4.99 Å². The van der Waals surface area contributed by atoms with Crippen LogP contribution in [-0.2, 0) is 10.3 Å². The minimum atomic E-state index is -0.549. The van der Waals surface area contributed by atoms with Gasteiger partial charge in [0.2, 0.25) is 6.08 Å². The van der Waals surface area contributed by atoms with Gasteiger partial charge in [0.15, 0.2) is 0 Å². The molecule has 0 aromatic heterocycles. The molecule has 0 spiro atoms. The molecule has 1 aliphatic rings. The third-order valence-corrected chi connectivity index (χ3v) is 3.19. The fourth-order valence-corrected chi connectivity index (χ4v) is 2.25. The maximum absolute atomic E-state index is 12.9. The molecule has 2 rings (SSSR count). The Morgan fingerprint density at radius 2 is 2.20 bits per heavy atom. The summed E-state index contributed by atoms with van der Waals surface area (Å²) in [5.41, 5.74) is 0.173. The highest BCUT2D eigenvalue weighted by Gasteiger charge is 2.40. The van der Waals surface area contributed by atoms with Gasteiger partial charge in [-0.2, -0.15) is 4.99 Å². The number of benzene rings is 1. The van der Waals surface area contributed by atoms with Gasteiger partial charge in [-0.15, -0.1) is 0 Å². The van der Waals surface area contributed by atoms with Crippen LogP contribution >= 0.6 is 11.6 Å². The Hall–Kier alpha value is -1.18. The maximum atomic E-state index is 12.9. The third kappa shape index (κ3) is 1.69. The van der Waals surface area contributed by atoms with E-state index in [-0.39, 0.29) is 5.82 Å². The third-order valence-electron chi connectivity index (χ3n) is 2.87. The van der Waals surface area contributed by atoms with Crippen LogP contribution in [0.5, 0.6) is 0 Å². The predicted molar refractivity (Wildman–Crippen MR) is 55.1 cm³/mol. The van der Waals surface area contributed by atoms with Gasteiger partial charge < -0.3 is 0 Å². The maximum Gasteiger partial charge on any atom is 0.235 e. The first-order valence-corrected chi connectivity index (χ1v) is 5.10. The van der Waals surface area contributed by atoms with E-state index in [1.54, 1.807) is 12.1 Å². The number of halogens is 2. The molecule has 0 N–H and O–H groups in total. The molecule has 0 heterocycles. The van der Waals surface area contributed by atoms with Crippen molar-refractivity contribution in [2.75, 3.05) is 0 Å². The van der Waals surface area contributed by atoms with Crippen LogP contribution in [0.25, 0.3) is 0 Å². The largest absolute Gasteiger partial charge is 0.235 e. The van der Waals surface area contributed by atoms with E-state index in [0.717, 1.165) is 24.8 Å². The van der Waals surface area contributed by atoms with Crippen molar-refractivity contribution in [2.45, 2.75) is 24.8 Å². The van der Waals surface area contributed by atoms with Crippen LogP contribution in [-0.4, -0.2) is 6.08 Å². The fraction of sp³-hybridized carbons (Fsp3) is 0.364. The smallest absolute Gasteiger partial charge is 0.211 e. The summed E-state index contributed by atoms with van der Waals surface area (Å²) < 4.78 is 12.9. The van der Waals surface area contributed by atoms with Crippen molar-refractivity contribution in [3.63, 3.8) is 0 Å². The van der Waals surface area contributed by atoms with E-state index in [9.17, 15) is 9.18 Å². The summed E-state index contributed by atoms with van der Waals surface area (Å²) in [7, 11) is 0. The van der Waals surface area contributed by atoms with Crippen LogP contribution in [0.3, 0.4) is 0 Å². The van der Waals surface area contributed by atoms with Gasteiger partial charge in [-0.25, -0.2) is 9.18 Å². The van der Waals surface area contributed by atoms with Crippen molar-refractivity contribution >= 4 is 17.7 Å². The number of isocyanates is 1. The molecule has 0 amide bonds. The highest BCUT2D eigenvalue weighted by Crippen LogP contribution is 2.47. The van der Waals surface area contributed by atoms with Crippen molar-refractivity contribution in [1.82, 2.24) is 0 Å². The van der Waals surface area contributed by atoms with E-state index in [1.807, 2.05) is 0 Å². The molecule has 4 heteroatoms. The molecular formula is C11H9ClFNO. The van der Waals surface area contributed by atoms with Crippen LogP contribution < -0.4 is 0 Å². The van der Waals surface area contributed by atoms with Gasteiger partial charge in [0.1, 0.15) is 5.82 Å². The second-order valence-electron chi connectivity index (χ2n) is 3.71. The van der Waals surface area contributed by atoms with E-state index < -0.39 is 5.54 Å². The Kier molecular flexibility index (Phi) is 2.59. The molecule has 2 nitrogen and oxygen atoms in total. The number of hydrogen-bond acceptors (Lipinski definition) is 2. The second kappa shape index (κ2) is 3.76. The number of rotatable bonds is 2. The molecule has 0 unspecified atom stereocenters. The Morgan fingerprint density at radius 3 is 2.67 bits per heavy atom. The number of carbonyl (C=O) groups excluding carboxylic acids is 1. The first-order valence-electron chi connectivity index (χ1n) is 4.72. The number of hydrogen-bond donors (Lipinski definition) is 0. The van der Waals surface area contributed by atoms with Crippen molar-refractivity contribution < 1.29 is 9.18 Å². The standard InChI is InChI=1S/C11H9ClFNO/c12-10-6-8(13)2-3-9(10)11(14-7-15)4-1-5-11/h2-3,6H,1,4-5H2. The van der Waals surface area contributed by atoms with Crippen LogP contribution in [0.4, 0.5) is 4.39 Å². The van der Waals surface area contributed by atoms with Crippen LogP contribution in [0.1, 0.15) is 24.8 Å².